The summed E-state index contributed by atoms with van der Waals surface area (Å²) in [5.41, 5.74) is 5.87. The molecular formula is C20H23N3S. The van der Waals surface area contributed by atoms with Gasteiger partial charge in [0.25, 0.3) is 0 Å². The van der Waals surface area contributed by atoms with E-state index in [1.165, 1.54) is 40.9 Å². The number of rotatable bonds is 5. The lowest BCUT2D eigenvalue weighted by molar-refractivity contribution is 0.255. The maximum atomic E-state index is 4.56. The van der Waals surface area contributed by atoms with Crippen molar-refractivity contribution < 1.29 is 0 Å². The van der Waals surface area contributed by atoms with Gasteiger partial charge in [-0.15, -0.1) is 11.3 Å². The average Bonchev–Trinajstić information content (AvgIpc) is 3.12. The molecule has 0 N–H and O–H groups in total. The number of nitrogens with zero attached hydrogens (tertiary/aromatic N) is 3. The highest BCUT2D eigenvalue weighted by Crippen LogP contribution is 2.28. The first-order valence-corrected chi connectivity index (χ1v) is 9.61. The molecule has 4 heteroatoms. The highest BCUT2D eigenvalue weighted by Gasteiger charge is 2.19. The first-order chi connectivity index (χ1) is 11.9. The van der Waals surface area contributed by atoms with E-state index in [2.05, 4.69) is 63.3 Å². The van der Waals surface area contributed by atoms with Gasteiger partial charge in [-0.3, -0.25) is 4.90 Å². The van der Waals surface area contributed by atoms with Crippen LogP contribution < -0.4 is 4.90 Å². The van der Waals surface area contributed by atoms with Crippen LogP contribution in [-0.2, 0) is 6.42 Å². The summed E-state index contributed by atoms with van der Waals surface area (Å²) < 4.78 is 1.29. The fraction of sp³-hybridized carbons (Fsp3) is 0.350. The molecule has 0 radical (unpaired) electrons. The average molecular weight is 337 g/mol. The van der Waals surface area contributed by atoms with Crippen LogP contribution in [0, 0.1) is 0 Å². The smallest absolute Gasteiger partial charge is 0.104 e. The zero-order chi connectivity index (χ0) is 16.2. The van der Waals surface area contributed by atoms with E-state index < -0.39 is 0 Å². The molecule has 24 heavy (non-hydrogen) atoms. The van der Waals surface area contributed by atoms with Crippen molar-refractivity contribution in [2.24, 2.45) is 0 Å². The van der Waals surface area contributed by atoms with Crippen LogP contribution in [0.5, 0.6) is 0 Å². The minimum atomic E-state index is 1.10. The Bertz CT molecular complexity index is 776. The molecule has 1 fully saturated rings. The lowest BCUT2D eigenvalue weighted by Crippen LogP contribution is -2.46. The van der Waals surface area contributed by atoms with E-state index in [0.29, 0.717) is 0 Å². The second-order valence-corrected chi connectivity index (χ2v) is 7.28. The molecule has 2 aromatic carbocycles. The summed E-state index contributed by atoms with van der Waals surface area (Å²) in [5, 5.41) is 0. The number of hydrogen-bond acceptors (Lipinski definition) is 4. The largest absolute Gasteiger partial charge is 0.367 e. The minimum absolute atomic E-state index is 1.10. The van der Waals surface area contributed by atoms with Gasteiger partial charge in [0.2, 0.25) is 0 Å². The van der Waals surface area contributed by atoms with Gasteiger partial charge in [0, 0.05) is 26.2 Å². The molecule has 0 aliphatic carbocycles. The van der Waals surface area contributed by atoms with Crippen LogP contribution in [0.2, 0.25) is 0 Å². The van der Waals surface area contributed by atoms with Gasteiger partial charge in [-0.05, 0) is 37.1 Å². The SMILES string of the molecule is c1ccc(CCCN2CCN(c3cccc4scnc34)CC2)cc1. The molecule has 1 aliphatic rings. The van der Waals surface area contributed by atoms with E-state index in [4.69, 9.17) is 0 Å². The molecule has 4 rings (SSSR count). The molecule has 1 aromatic heterocycles. The van der Waals surface area contributed by atoms with Crippen LogP contribution in [0.25, 0.3) is 10.2 Å². The van der Waals surface area contributed by atoms with Gasteiger partial charge in [-0.1, -0.05) is 36.4 Å². The number of fused-ring (bicyclic) bond motifs is 1. The summed E-state index contributed by atoms with van der Waals surface area (Å²) in [6.07, 6.45) is 2.42. The summed E-state index contributed by atoms with van der Waals surface area (Å²) >= 11 is 1.73. The van der Waals surface area contributed by atoms with Crippen LogP contribution in [0.3, 0.4) is 0 Å². The Morgan fingerprint density at radius 1 is 0.917 bits per heavy atom. The lowest BCUT2D eigenvalue weighted by atomic mass is 10.1. The second-order valence-electron chi connectivity index (χ2n) is 6.39. The van der Waals surface area contributed by atoms with Gasteiger partial charge in [-0.25, -0.2) is 4.98 Å². The van der Waals surface area contributed by atoms with Crippen molar-refractivity contribution in [1.82, 2.24) is 9.88 Å². The number of aromatic nitrogens is 1. The van der Waals surface area contributed by atoms with Crippen LogP contribution >= 0.6 is 11.3 Å². The molecule has 1 saturated heterocycles. The van der Waals surface area contributed by atoms with E-state index in [-0.39, 0.29) is 0 Å². The van der Waals surface area contributed by atoms with Crippen molar-refractivity contribution in [2.45, 2.75) is 12.8 Å². The third-order valence-electron chi connectivity index (χ3n) is 4.83. The maximum absolute atomic E-state index is 4.56. The van der Waals surface area contributed by atoms with Gasteiger partial charge >= 0.3 is 0 Å². The van der Waals surface area contributed by atoms with Crippen LogP contribution in [0.1, 0.15) is 12.0 Å². The Hall–Kier alpha value is -1.91. The molecule has 0 unspecified atom stereocenters. The van der Waals surface area contributed by atoms with E-state index in [9.17, 15) is 0 Å². The molecule has 124 valence electrons. The third-order valence-corrected chi connectivity index (χ3v) is 5.63. The third kappa shape index (κ3) is 3.45. The Balaban J connectivity index is 1.30. The fourth-order valence-corrected chi connectivity index (χ4v) is 4.19. The number of anilines is 1. The van der Waals surface area contributed by atoms with Gasteiger partial charge in [0.1, 0.15) is 5.52 Å². The molecule has 0 spiro atoms. The number of piperazine rings is 1. The Kier molecular flexibility index (Phi) is 4.76. The van der Waals surface area contributed by atoms with Gasteiger partial charge in [-0.2, -0.15) is 0 Å². The molecule has 0 bridgehead atoms. The lowest BCUT2D eigenvalue weighted by Gasteiger charge is -2.36. The maximum Gasteiger partial charge on any atom is 0.104 e. The van der Waals surface area contributed by atoms with Crippen molar-refractivity contribution >= 4 is 27.2 Å². The molecule has 0 atom stereocenters. The molecule has 2 heterocycles. The normalized spacial score (nSPS) is 15.9. The van der Waals surface area contributed by atoms with E-state index in [1.54, 1.807) is 11.3 Å². The first kappa shape index (κ1) is 15.6. The monoisotopic (exact) mass is 337 g/mol. The molecule has 3 aromatic rings. The number of hydrogen-bond donors (Lipinski definition) is 0. The molecule has 3 nitrogen and oxygen atoms in total. The van der Waals surface area contributed by atoms with Crippen molar-refractivity contribution in [3.63, 3.8) is 0 Å². The fourth-order valence-electron chi connectivity index (χ4n) is 3.49. The van der Waals surface area contributed by atoms with Crippen molar-refractivity contribution in [2.75, 3.05) is 37.6 Å². The van der Waals surface area contributed by atoms with E-state index in [1.807, 2.05) is 5.51 Å². The molecule has 0 saturated carbocycles. The number of benzene rings is 2. The van der Waals surface area contributed by atoms with E-state index >= 15 is 0 Å². The number of aryl methyl sites for hydroxylation is 1. The van der Waals surface area contributed by atoms with Gasteiger partial charge < -0.3 is 4.90 Å². The minimum Gasteiger partial charge on any atom is -0.367 e. The highest BCUT2D eigenvalue weighted by atomic mass is 32.1. The highest BCUT2D eigenvalue weighted by molar-refractivity contribution is 7.16. The van der Waals surface area contributed by atoms with Crippen molar-refractivity contribution in [3.05, 3.63) is 59.6 Å². The quantitative estimate of drug-likeness (QED) is 0.700. The first-order valence-electron chi connectivity index (χ1n) is 8.73. The van der Waals surface area contributed by atoms with Crippen LogP contribution in [-0.4, -0.2) is 42.6 Å². The summed E-state index contributed by atoms with van der Waals surface area (Å²) in [6, 6.07) is 17.3. The standard InChI is InChI=1S/C20H23N3S/c1-2-6-17(7-3-1)8-5-11-22-12-14-23(15-13-22)18-9-4-10-19-20(18)21-16-24-19/h1-4,6-7,9-10,16H,5,8,11-15H2. The summed E-state index contributed by atoms with van der Waals surface area (Å²) in [7, 11) is 0. The Labute approximate surface area is 147 Å². The molecule has 0 amide bonds. The Morgan fingerprint density at radius 3 is 2.58 bits per heavy atom. The van der Waals surface area contributed by atoms with E-state index in [0.717, 1.165) is 26.2 Å². The van der Waals surface area contributed by atoms with Crippen LogP contribution in [0.15, 0.2) is 54.0 Å². The summed E-state index contributed by atoms with van der Waals surface area (Å²) in [6.45, 7) is 5.69. The predicted molar refractivity (Wildman–Crippen MR) is 103 cm³/mol. The van der Waals surface area contributed by atoms with Crippen LogP contribution in [0.4, 0.5) is 5.69 Å². The van der Waals surface area contributed by atoms with Crippen molar-refractivity contribution in [1.29, 1.82) is 0 Å². The zero-order valence-corrected chi connectivity index (χ0v) is 14.7. The summed E-state index contributed by atoms with van der Waals surface area (Å²) in [5.74, 6) is 0. The zero-order valence-electron chi connectivity index (χ0n) is 13.9. The Morgan fingerprint density at radius 2 is 1.75 bits per heavy atom. The molecular weight excluding hydrogens is 314 g/mol. The van der Waals surface area contributed by atoms with Crippen molar-refractivity contribution in [3.8, 4) is 0 Å². The van der Waals surface area contributed by atoms with Gasteiger partial charge in [0.05, 0.1) is 15.9 Å². The van der Waals surface area contributed by atoms with Gasteiger partial charge in [0.15, 0.2) is 0 Å². The number of thiazole rings is 1. The molecule has 1 aliphatic heterocycles. The number of para-hydroxylation sites is 1. The second kappa shape index (κ2) is 7.32. The summed E-state index contributed by atoms with van der Waals surface area (Å²) in [4.78, 5) is 9.65. The predicted octanol–water partition coefficient (Wildman–Crippen LogP) is 4.05. The topological polar surface area (TPSA) is 19.4 Å².